The fourth-order valence-electron chi connectivity index (χ4n) is 1.68. The molecule has 0 aliphatic rings. The van der Waals surface area contributed by atoms with Gasteiger partial charge in [-0.3, -0.25) is 4.79 Å². The summed E-state index contributed by atoms with van der Waals surface area (Å²) in [6.45, 7) is 1.84. The Morgan fingerprint density at radius 1 is 1.47 bits per heavy atom. The Kier molecular flexibility index (Phi) is 6.43. The lowest BCUT2D eigenvalue weighted by atomic mass is 10.0. The number of carbonyl (C=O) groups is 1. The molecule has 1 aromatic carbocycles. The summed E-state index contributed by atoms with van der Waals surface area (Å²) in [5.41, 5.74) is 9.47. The van der Waals surface area contributed by atoms with Gasteiger partial charge < -0.3 is 9.84 Å². The van der Waals surface area contributed by atoms with Crippen LogP contribution in [0.4, 0.5) is 0 Å². The SMILES string of the molecule is CCOC(=O)[C@@H](N=[N+]=[N-])C(O)CCc1ccccc1. The minimum atomic E-state index is -1.19. The third-order valence-corrected chi connectivity index (χ3v) is 2.64. The molecule has 0 aromatic heterocycles. The third-order valence-electron chi connectivity index (χ3n) is 2.64. The molecule has 2 atom stereocenters. The van der Waals surface area contributed by atoms with Gasteiger partial charge in [-0.05, 0) is 30.9 Å². The number of aliphatic hydroxyl groups is 1. The number of benzene rings is 1. The molecule has 0 spiro atoms. The highest BCUT2D eigenvalue weighted by Gasteiger charge is 2.26. The predicted octanol–water partition coefficient (Wildman–Crippen LogP) is 2.22. The van der Waals surface area contributed by atoms with Gasteiger partial charge in [-0.15, -0.1) is 0 Å². The van der Waals surface area contributed by atoms with Gasteiger partial charge in [0, 0.05) is 4.91 Å². The summed E-state index contributed by atoms with van der Waals surface area (Å²) in [5, 5.41) is 13.2. The lowest BCUT2D eigenvalue weighted by molar-refractivity contribution is -0.147. The van der Waals surface area contributed by atoms with Gasteiger partial charge in [0.1, 0.15) is 0 Å². The van der Waals surface area contributed by atoms with Gasteiger partial charge in [-0.25, -0.2) is 0 Å². The van der Waals surface area contributed by atoms with Crippen LogP contribution in [0.3, 0.4) is 0 Å². The molecule has 0 saturated carbocycles. The lowest BCUT2D eigenvalue weighted by Gasteiger charge is -2.16. The molecule has 1 rings (SSSR count). The summed E-state index contributed by atoms with van der Waals surface area (Å²) < 4.78 is 4.77. The minimum absolute atomic E-state index is 0.182. The Balaban J connectivity index is 2.59. The van der Waals surface area contributed by atoms with E-state index in [1.54, 1.807) is 6.92 Å². The van der Waals surface area contributed by atoms with Crippen molar-refractivity contribution >= 4 is 5.97 Å². The molecule has 1 aromatic rings. The monoisotopic (exact) mass is 263 g/mol. The summed E-state index contributed by atoms with van der Waals surface area (Å²) in [5.74, 6) is -0.694. The summed E-state index contributed by atoms with van der Waals surface area (Å²) in [6, 6.07) is 8.38. The van der Waals surface area contributed by atoms with E-state index in [9.17, 15) is 9.90 Å². The molecule has 102 valence electrons. The Morgan fingerprint density at radius 2 is 2.16 bits per heavy atom. The molecule has 0 amide bonds. The molecule has 0 aliphatic heterocycles. The maximum atomic E-state index is 11.5. The van der Waals surface area contributed by atoms with E-state index >= 15 is 0 Å². The van der Waals surface area contributed by atoms with E-state index in [4.69, 9.17) is 10.3 Å². The highest BCUT2D eigenvalue weighted by atomic mass is 16.5. The highest BCUT2D eigenvalue weighted by Crippen LogP contribution is 2.11. The number of carbonyl (C=O) groups excluding carboxylic acids is 1. The molecule has 6 nitrogen and oxygen atoms in total. The smallest absolute Gasteiger partial charge is 0.317 e. The van der Waals surface area contributed by atoms with Crippen molar-refractivity contribution in [3.63, 3.8) is 0 Å². The van der Waals surface area contributed by atoms with E-state index in [1.807, 2.05) is 30.3 Å². The number of hydrogen-bond donors (Lipinski definition) is 1. The van der Waals surface area contributed by atoms with Gasteiger partial charge in [0.15, 0.2) is 6.04 Å². The number of azide groups is 1. The summed E-state index contributed by atoms with van der Waals surface area (Å²) in [7, 11) is 0. The summed E-state index contributed by atoms with van der Waals surface area (Å²) >= 11 is 0. The van der Waals surface area contributed by atoms with Crippen LogP contribution < -0.4 is 0 Å². The Bertz CT molecular complexity index is 444. The Morgan fingerprint density at radius 3 is 2.74 bits per heavy atom. The van der Waals surface area contributed by atoms with Crippen molar-refractivity contribution in [2.24, 2.45) is 5.11 Å². The average molecular weight is 263 g/mol. The quantitative estimate of drug-likeness (QED) is 0.353. The molecule has 1 N–H and O–H groups in total. The molecular weight excluding hydrogens is 246 g/mol. The van der Waals surface area contributed by atoms with Crippen molar-refractivity contribution < 1.29 is 14.6 Å². The molecule has 6 heteroatoms. The molecule has 1 unspecified atom stereocenters. The average Bonchev–Trinajstić information content (AvgIpc) is 2.43. The number of ether oxygens (including phenoxy) is 1. The number of hydrogen-bond acceptors (Lipinski definition) is 4. The fraction of sp³-hybridized carbons (Fsp3) is 0.462. The lowest BCUT2D eigenvalue weighted by Crippen LogP contribution is -2.34. The van der Waals surface area contributed by atoms with Crippen molar-refractivity contribution in [3.8, 4) is 0 Å². The predicted molar refractivity (Wildman–Crippen MR) is 70.3 cm³/mol. The molecule has 0 fully saturated rings. The molecule has 0 aliphatic carbocycles. The molecule has 0 heterocycles. The first kappa shape index (κ1) is 15.0. The molecular formula is C13H17N3O3. The van der Waals surface area contributed by atoms with E-state index in [2.05, 4.69) is 10.0 Å². The maximum absolute atomic E-state index is 11.5. The van der Waals surface area contributed by atoms with Crippen LogP contribution in [-0.2, 0) is 16.0 Å². The van der Waals surface area contributed by atoms with Gasteiger partial charge in [-0.2, -0.15) is 0 Å². The first-order chi connectivity index (χ1) is 9.19. The van der Waals surface area contributed by atoms with Crippen molar-refractivity contribution in [1.82, 2.24) is 0 Å². The van der Waals surface area contributed by atoms with Crippen LogP contribution in [0.25, 0.3) is 10.4 Å². The number of aliphatic hydroxyl groups excluding tert-OH is 1. The Hall–Kier alpha value is -2.04. The summed E-state index contributed by atoms with van der Waals surface area (Å²) in [4.78, 5) is 14.1. The van der Waals surface area contributed by atoms with E-state index in [0.717, 1.165) is 5.56 Å². The standard InChI is InChI=1S/C13H17N3O3/c1-2-19-13(18)12(15-16-14)11(17)9-8-10-6-4-3-5-7-10/h3-7,11-12,17H,2,8-9H2,1H3/t11?,12-/m0/s1. The van der Waals surface area contributed by atoms with E-state index in [-0.39, 0.29) is 6.61 Å². The van der Waals surface area contributed by atoms with Gasteiger partial charge in [0.2, 0.25) is 0 Å². The molecule has 0 radical (unpaired) electrons. The van der Waals surface area contributed by atoms with Crippen molar-refractivity contribution in [2.75, 3.05) is 6.61 Å². The zero-order chi connectivity index (χ0) is 14.1. The topological polar surface area (TPSA) is 95.3 Å². The van der Waals surface area contributed by atoms with E-state index < -0.39 is 18.1 Å². The fourth-order valence-corrected chi connectivity index (χ4v) is 1.68. The van der Waals surface area contributed by atoms with Crippen LogP contribution in [0.5, 0.6) is 0 Å². The van der Waals surface area contributed by atoms with Crippen LogP contribution in [-0.4, -0.2) is 29.8 Å². The van der Waals surface area contributed by atoms with Crippen LogP contribution >= 0.6 is 0 Å². The second-order valence-electron chi connectivity index (χ2n) is 3.99. The normalized spacial score (nSPS) is 13.2. The number of aryl methyl sites for hydroxylation is 1. The van der Waals surface area contributed by atoms with Crippen LogP contribution in [0.15, 0.2) is 35.4 Å². The van der Waals surface area contributed by atoms with Crippen molar-refractivity contribution in [3.05, 3.63) is 46.3 Å². The van der Waals surface area contributed by atoms with Gasteiger partial charge in [0.25, 0.3) is 0 Å². The second-order valence-corrected chi connectivity index (χ2v) is 3.99. The van der Waals surface area contributed by atoms with E-state index in [0.29, 0.717) is 12.8 Å². The maximum Gasteiger partial charge on any atom is 0.317 e. The molecule has 0 saturated heterocycles. The third kappa shape index (κ3) is 4.99. The van der Waals surface area contributed by atoms with Crippen molar-refractivity contribution in [2.45, 2.75) is 31.9 Å². The van der Waals surface area contributed by atoms with Crippen molar-refractivity contribution in [1.29, 1.82) is 0 Å². The largest absolute Gasteiger partial charge is 0.466 e. The number of rotatable bonds is 7. The molecule has 19 heavy (non-hydrogen) atoms. The van der Waals surface area contributed by atoms with E-state index in [1.165, 1.54) is 0 Å². The van der Waals surface area contributed by atoms with Crippen LogP contribution in [0, 0.1) is 0 Å². The first-order valence-electron chi connectivity index (χ1n) is 6.11. The zero-order valence-corrected chi connectivity index (χ0v) is 10.8. The highest BCUT2D eigenvalue weighted by molar-refractivity contribution is 5.76. The molecule has 0 bridgehead atoms. The van der Waals surface area contributed by atoms with Gasteiger partial charge in [-0.1, -0.05) is 35.4 Å². The van der Waals surface area contributed by atoms with Gasteiger partial charge in [0.05, 0.1) is 12.7 Å². The zero-order valence-electron chi connectivity index (χ0n) is 10.8. The Labute approximate surface area is 111 Å². The number of esters is 1. The minimum Gasteiger partial charge on any atom is -0.466 e. The number of nitrogens with zero attached hydrogens (tertiary/aromatic N) is 3. The summed E-state index contributed by atoms with van der Waals surface area (Å²) in [6.07, 6.45) is -0.124. The van der Waals surface area contributed by atoms with Gasteiger partial charge >= 0.3 is 5.97 Å². The van der Waals surface area contributed by atoms with Crippen LogP contribution in [0.1, 0.15) is 18.9 Å². The van der Waals surface area contributed by atoms with Crippen LogP contribution in [0.2, 0.25) is 0 Å². The second kappa shape index (κ2) is 8.13. The first-order valence-corrected chi connectivity index (χ1v) is 6.11.